The molecule has 0 fully saturated rings. The summed E-state index contributed by atoms with van der Waals surface area (Å²) >= 11 is 0. The number of hydrogen-bond acceptors (Lipinski definition) is 7. The van der Waals surface area contributed by atoms with E-state index < -0.39 is 38.1 Å². The summed E-state index contributed by atoms with van der Waals surface area (Å²) in [6.45, 7) is 0.189. The number of nitrogens with zero attached hydrogens (tertiary/aromatic N) is 2. The van der Waals surface area contributed by atoms with Crippen LogP contribution in [0, 0.1) is 5.82 Å². The summed E-state index contributed by atoms with van der Waals surface area (Å²) in [6, 6.07) is 12.4. The number of carbonyl (C=O) groups excluding carboxylic acids is 1. The lowest BCUT2D eigenvalue weighted by atomic mass is 10.2. The van der Waals surface area contributed by atoms with Crippen molar-refractivity contribution in [2.24, 2.45) is 0 Å². The van der Waals surface area contributed by atoms with Crippen molar-refractivity contribution in [2.45, 2.75) is 0 Å². The van der Waals surface area contributed by atoms with E-state index in [1.807, 2.05) is 0 Å². The zero-order chi connectivity index (χ0) is 27.2. The van der Waals surface area contributed by atoms with Gasteiger partial charge in [-0.15, -0.1) is 0 Å². The monoisotopic (exact) mass is 429 g/mol. The normalized spacial score (nSPS) is 14.0. The number of benzene rings is 2. The number of amides is 1. The van der Waals surface area contributed by atoms with Crippen LogP contribution in [0.15, 0.2) is 67.4 Å². The summed E-state index contributed by atoms with van der Waals surface area (Å²) in [7, 11) is -2.91. The molecule has 160 valence electrons. The highest BCUT2D eigenvalue weighted by Crippen LogP contribution is 2.23. The van der Waals surface area contributed by atoms with Crippen molar-refractivity contribution in [2.75, 3.05) is 36.2 Å². The molecule has 0 aliphatic heterocycles. The van der Waals surface area contributed by atoms with E-state index in [1.54, 1.807) is 24.3 Å². The minimum atomic E-state index is -2.91. The SMILES string of the molecule is [2H]c1nc(Nc2ccc(OCC([2H])([2H])OC([2H])([2H])[2H])cc2)nc(Nc2cccc(NC(=O)C=C)c2)c1F. The Labute approximate surface area is 187 Å². The fourth-order valence-electron chi connectivity index (χ4n) is 2.38. The van der Waals surface area contributed by atoms with Gasteiger partial charge in [0.15, 0.2) is 11.6 Å². The van der Waals surface area contributed by atoms with Gasteiger partial charge in [-0.2, -0.15) is 4.98 Å². The number of aromatic nitrogens is 2. The predicted octanol–water partition coefficient (Wildman–Crippen LogP) is 4.25. The molecule has 0 radical (unpaired) electrons. The molecule has 9 heteroatoms. The molecule has 8 nitrogen and oxygen atoms in total. The lowest BCUT2D eigenvalue weighted by Gasteiger charge is -2.11. The molecule has 0 aliphatic rings. The van der Waals surface area contributed by atoms with E-state index in [-0.39, 0.29) is 17.5 Å². The second-order valence-corrected chi connectivity index (χ2v) is 5.91. The van der Waals surface area contributed by atoms with Crippen LogP contribution in [-0.4, -0.2) is 36.1 Å². The summed E-state index contributed by atoms with van der Waals surface area (Å²) in [5, 5.41) is 8.17. The van der Waals surface area contributed by atoms with Crippen molar-refractivity contribution in [1.29, 1.82) is 0 Å². The van der Waals surface area contributed by atoms with Crippen molar-refractivity contribution < 1.29 is 26.9 Å². The zero-order valence-electron chi connectivity index (χ0n) is 22.1. The Kier molecular flexibility index (Phi) is 5.15. The maximum absolute atomic E-state index is 14.5. The minimum Gasteiger partial charge on any atom is -0.491 e. The van der Waals surface area contributed by atoms with E-state index in [0.29, 0.717) is 17.1 Å². The number of halogens is 1. The molecule has 31 heavy (non-hydrogen) atoms. The molecule has 1 amide bonds. The van der Waals surface area contributed by atoms with Crippen LogP contribution in [0.5, 0.6) is 5.75 Å². The number of hydrogen-bond donors (Lipinski definition) is 3. The first kappa shape index (κ1) is 14.9. The molecule has 0 saturated heterocycles. The van der Waals surface area contributed by atoms with E-state index in [9.17, 15) is 9.18 Å². The van der Waals surface area contributed by atoms with Gasteiger partial charge >= 0.3 is 0 Å². The maximum atomic E-state index is 14.5. The lowest BCUT2D eigenvalue weighted by molar-refractivity contribution is -0.111. The van der Waals surface area contributed by atoms with Crippen LogP contribution in [0.4, 0.5) is 33.2 Å². The number of anilines is 5. The van der Waals surface area contributed by atoms with Gasteiger partial charge in [0.1, 0.15) is 12.4 Å². The van der Waals surface area contributed by atoms with Gasteiger partial charge in [0.05, 0.1) is 21.0 Å². The van der Waals surface area contributed by atoms with Crippen molar-refractivity contribution in [3.05, 3.63) is 73.2 Å². The largest absolute Gasteiger partial charge is 0.491 e. The third-order valence-corrected chi connectivity index (χ3v) is 3.74. The van der Waals surface area contributed by atoms with Crippen molar-refractivity contribution in [1.82, 2.24) is 9.97 Å². The predicted molar refractivity (Wildman–Crippen MR) is 118 cm³/mol. The quantitative estimate of drug-likeness (QED) is 0.415. The molecule has 0 spiro atoms. The van der Waals surface area contributed by atoms with Crippen molar-refractivity contribution >= 4 is 34.7 Å². The van der Waals surface area contributed by atoms with Gasteiger partial charge < -0.3 is 25.4 Å². The highest BCUT2D eigenvalue weighted by Gasteiger charge is 2.09. The topological polar surface area (TPSA) is 97.4 Å². The standard InChI is InChI=1S/C22H22FN5O3/c1-3-20(29)25-16-5-4-6-17(13-16)26-21-19(23)14-24-22(28-21)27-15-7-9-18(10-8-15)31-12-11-30-2/h3-10,13-14H,1,11-12H2,2H3,(H,25,29)(H2,24,26,27,28)/i2D3,11D2,14D. The molecule has 1 aromatic heterocycles. The number of rotatable bonds is 10. The Balaban J connectivity index is 1.69. The van der Waals surface area contributed by atoms with Crippen LogP contribution in [-0.2, 0) is 9.53 Å². The molecule has 3 rings (SSSR count). The summed E-state index contributed by atoms with van der Waals surface area (Å²) in [4.78, 5) is 19.4. The molecular formula is C22H22FN5O3. The third-order valence-electron chi connectivity index (χ3n) is 3.74. The van der Waals surface area contributed by atoms with Crippen molar-refractivity contribution in [3.63, 3.8) is 0 Å². The van der Waals surface area contributed by atoms with E-state index in [2.05, 4.69) is 37.2 Å². The summed E-state index contributed by atoms with van der Waals surface area (Å²) in [5.74, 6) is -1.52. The summed E-state index contributed by atoms with van der Waals surface area (Å²) < 4.78 is 68.1. The van der Waals surface area contributed by atoms with E-state index in [1.165, 1.54) is 24.3 Å². The Morgan fingerprint density at radius 1 is 1.26 bits per heavy atom. The average Bonchev–Trinajstić information content (AvgIpc) is 2.80. The second kappa shape index (κ2) is 10.7. The summed E-state index contributed by atoms with van der Waals surface area (Å²) in [6.07, 6.45) is 0.452. The first-order chi connectivity index (χ1) is 17.3. The van der Waals surface area contributed by atoms with E-state index >= 15 is 0 Å². The number of carbonyl (C=O) groups is 1. The van der Waals surface area contributed by atoms with Crippen LogP contribution in [0.25, 0.3) is 0 Å². The Morgan fingerprint density at radius 3 is 2.84 bits per heavy atom. The van der Waals surface area contributed by atoms with E-state index in [4.69, 9.17) is 13.0 Å². The molecule has 1 heterocycles. The number of nitrogens with one attached hydrogen (secondary N) is 3. The van der Waals surface area contributed by atoms with Gasteiger partial charge in [0.2, 0.25) is 11.9 Å². The average molecular weight is 429 g/mol. The van der Waals surface area contributed by atoms with Crippen LogP contribution in [0.1, 0.15) is 8.22 Å². The molecule has 0 aliphatic carbocycles. The molecule has 0 saturated carbocycles. The van der Waals surface area contributed by atoms with Gasteiger partial charge in [-0.1, -0.05) is 12.6 Å². The number of ether oxygens (including phenoxy) is 2. The molecular weight excluding hydrogens is 401 g/mol. The molecule has 0 unspecified atom stereocenters. The Bertz CT molecular complexity index is 1270. The third kappa shape index (κ3) is 6.51. The van der Waals surface area contributed by atoms with Crippen LogP contribution in [0.3, 0.4) is 0 Å². The van der Waals surface area contributed by atoms with Crippen LogP contribution in [0.2, 0.25) is 0 Å². The molecule has 3 aromatic rings. The van der Waals surface area contributed by atoms with Crippen LogP contribution < -0.4 is 20.7 Å². The van der Waals surface area contributed by atoms with Gasteiger partial charge in [-0.3, -0.25) is 4.79 Å². The lowest BCUT2D eigenvalue weighted by Crippen LogP contribution is -2.07. The smallest absolute Gasteiger partial charge is 0.247 e. The molecule has 3 N–H and O–H groups in total. The van der Waals surface area contributed by atoms with Crippen molar-refractivity contribution in [3.8, 4) is 5.75 Å². The Morgan fingerprint density at radius 2 is 2.06 bits per heavy atom. The first-order valence-corrected chi connectivity index (χ1v) is 8.88. The van der Waals surface area contributed by atoms with Gasteiger partial charge in [-0.25, -0.2) is 9.37 Å². The van der Waals surface area contributed by atoms with Gasteiger partial charge in [0, 0.05) is 24.1 Å². The zero-order valence-corrected chi connectivity index (χ0v) is 16.1. The molecule has 2 aromatic carbocycles. The fourth-order valence-corrected chi connectivity index (χ4v) is 2.38. The fraction of sp³-hybridized carbons (Fsp3) is 0.136. The Hall–Kier alpha value is -3.98. The van der Waals surface area contributed by atoms with Gasteiger partial charge in [0.25, 0.3) is 0 Å². The highest BCUT2D eigenvalue weighted by atomic mass is 19.1. The highest BCUT2D eigenvalue weighted by molar-refractivity contribution is 5.99. The maximum Gasteiger partial charge on any atom is 0.247 e. The van der Waals surface area contributed by atoms with Gasteiger partial charge in [-0.05, 0) is 48.5 Å². The molecule has 0 atom stereocenters. The van der Waals surface area contributed by atoms with E-state index in [0.717, 1.165) is 6.08 Å². The molecule has 0 bridgehead atoms. The first-order valence-electron chi connectivity index (χ1n) is 11.9. The minimum absolute atomic E-state index is 0.0823. The number of methoxy groups -OCH3 is 1. The summed E-state index contributed by atoms with van der Waals surface area (Å²) in [5.41, 5.74) is 1.28. The van der Waals surface area contributed by atoms with Crippen LogP contribution >= 0.6 is 0 Å². The second-order valence-electron chi connectivity index (χ2n) is 5.91.